The number of hydrogen-bond acceptors (Lipinski definition) is 3. The Morgan fingerprint density at radius 1 is 1.47 bits per heavy atom. The number of halogens is 2. The van der Waals surface area contributed by atoms with E-state index in [0.29, 0.717) is 12.0 Å². The predicted molar refractivity (Wildman–Crippen MR) is 71.7 cm³/mol. The number of alkyl halides is 1. The van der Waals surface area contributed by atoms with Gasteiger partial charge in [0.1, 0.15) is 17.7 Å². The van der Waals surface area contributed by atoms with Crippen molar-refractivity contribution < 1.29 is 17.5 Å². The van der Waals surface area contributed by atoms with Crippen molar-refractivity contribution in [3.05, 3.63) is 29.6 Å². The van der Waals surface area contributed by atoms with Crippen LogP contribution in [0.3, 0.4) is 0 Å². The van der Waals surface area contributed by atoms with Gasteiger partial charge in [-0.1, -0.05) is 11.8 Å². The maximum Gasteiger partial charge on any atom is 0.154 e. The highest BCUT2D eigenvalue weighted by Gasteiger charge is 2.29. The van der Waals surface area contributed by atoms with Gasteiger partial charge in [-0.3, -0.25) is 0 Å². The average molecular weight is 303 g/mol. The van der Waals surface area contributed by atoms with Crippen molar-refractivity contribution >= 4 is 21.4 Å². The van der Waals surface area contributed by atoms with E-state index < -0.39 is 21.8 Å². The van der Waals surface area contributed by atoms with Crippen LogP contribution in [-0.2, 0) is 9.84 Å². The molecule has 1 unspecified atom stereocenters. The van der Waals surface area contributed by atoms with Crippen molar-refractivity contribution in [2.75, 3.05) is 17.4 Å². The number of sulfone groups is 1. The van der Waals surface area contributed by atoms with Gasteiger partial charge in [-0.15, -0.1) is 11.6 Å². The quantitative estimate of drug-likeness (QED) is 0.620. The summed E-state index contributed by atoms with van der Waals surface area (Å²) in [5.41, 5.74) is 0.506. The number of ether oxygens (including phenoxy) is 1. The predicted octanol–water partition coefficient (Wildman–Crippen LogP) is 1.98. The Morgan fingerprint density at radius 2 is 2.26 bits per heavy atom. The third kappa shape index (κ3) is 3.85. The molecule has 0 saturated carbocycles. The summed E-state index contributed by atoms with van der Waals surface area (Å²) in [4.78, 5) is 0. The summed E-state index contributed by atoms with van der Waals surface area (Å²) >= 11 is 5.47. The van der Waals surface area contributed by atoms with Gasteiger partial charge in [-0.05, 0) is 18.6 Å². The summed E-state index contributed by atoms with van der Waals surface area (Å²) < 4.78 is 41.5. The molecule has 0 N–H and O–H groups in total. The van der Waals surface area contributed by atoms with Crippen molar-refractivity contribution in [2.45, 2.75) is 12.5 Å². The summed E-state index contributed by atoms with van der Waals surface area (Å²) in [6.07, 6.45) is -0.0235. The molecule has 1 aromatic rings. The summed E-state index contributed by atoms with van der Waals surface area (Å²) in [5, 5.41) is 0. The zero-order valence-electron chi connectivity index (χ0n) is 10.0. The van der Waals surface area contributed by atoms with E-state index in [9.17, 15) is 12.8 Å². The second-order valence-corrected chi connectivity index (χ2v) is 6.71. The molecule has 0 aromatic heterocycles. The van der Waals surface area contributed by atoms with Crippen LogP contribution in [0.1, 0.15) is 12.0 Å². The topological polar surface area (TPSA) is 43.4 Å². The van der Waals surface area contributed by atoms with Crippen LogP contribution in [0.25, 0.3) is 0 Å². The molecule has 102 valence electrons. The third-order valence-electron chi connectivity index (χ3n) is 2.72. The second-order valence-electron chi connectivity index (χ2n) is 4.22. The van der Waals surface area contributed by atoms with Gasteiger partial charge >= 0.3 is 0 Å². The van der Waals surface area contributed by atoms with Gasteiger partial charge in [0, 0.05) is 6.07 Å². The maximum atomic E-state index is 13.2. The molecule has 0 amide bonds. The number of benzene rings is 1. The highest BCUT2D eigenvalue weighted by atomic mass is 35.5. The molecule has 3 nitrogen and oxygen atoms in total. The van der Waals surface area contributed by atoms with Crippen molar-refractivity contribution in [3.8, 4) is 17.6 Å². The Hall–Kier alpha value is -1.25. The standard InChI is InChI=1S/C13H12ClFO3S/c14-6-1-2-10-3-4-11(15)8-13(10)18-12-5-7-19(16,17)9-12/h3-4,8,12H,5-7,9H2. The highest BCUT2D eigenvalue weighted by molar-refractivity contribution is 7.91. The van der Waals surface area contributed by atoms with Crippen LogP contribution < -0.4 is 4.74 Å². The zero-order chi connectivity index (χ0) is 13.9. The van der Waals surface area contributed by atoms with E-state index in [1.165, 1.54) is 18.2 Å². The molecule has 1 aromatic carbocycles. The SMILES string of the molecule is O=S1(=O)CCC(Oc2cc(F)ccc2C#CCCl)C1. The van der Waals surface area contributed by atoms with Crippen molar-refractivity contribution in [1.82, 2.24) is 0 Å². The number of rotatable bonds is 2. The van der Waals surface area contributed by atoms with Crippen LogP contribution in [-0.4, -0.2) is 31.9 Å². The fourth-order valence-corrected chi connectivity index (χ4v) is 3.52. The van der Waals surface area contributed by atoms with Gasteiger partial charge in [-0.2, -0.15) is 0 Å². The first kappa shape index (κ1) is 14.2. The maximum absolute atomic E-state index is 13.2. The van der Waals surface area contributed by atoms with E-state index in [2.05, 4.69) is 11.8 Å². The van der Waals surface area contributed by atoms with Crippen LogP contribution >= 0.6 is 11.6 Å². The third-order valence-corrected chi connectivity index (χ3v) is 4.59. The molecule has 1 heterocycles. The number of hydrogen-bond donors (Lipinski definition) is 0. The summed E-state index contributed by atoms with van der Waals surface area (Å²) in [6.45, 7) is 0. The van der Waals surface area contributed by atoms with Gasteiger partial charge in [0.05, 0.1) is 22.9 Å². The molecule has 0 bridgehead atoms. The normalized spacial score (nSPS) is 20.6. The fraction of sp³-hybridized carbons (Fsp3) is 0.385. The molecule has 6 heteroatoms. The molecule has 1 aliphatic heterocycles. The summed E-state index contributed by atoms with van der Waals surface area (Å²) in [6, 6.07) is 3.98. The molecule has 2 rings (SSSR count). The molecule has 19 heavy (non-hydrogen) atoms. The first-order chi connectivity index (χ1) is 9.00. The molecule has 0 radical (unpaired) electrons. The minimum atomic E-state index is -3.03. The monoisotopic (exact) mass is 302 g/mol. The van der Waals surface area contributed by atoms with E-state index in [1.807, 2.05) is 0 Å². The fourth-order valence-electron chi connectivity index (χ4n) is 1.86. The van der Waals surface area contributed by atoms with E-state index in [4.69, 9.17) is 16.3 Å². The van der Waals surface area contributed by atoms with Crippen molar-refractivity contribution in [2.24, 2.45) is 0 Å². The second kappa shape index (κ2) is 5.81. The molecule has 1 saturated heterocycles. The van der Waals surface area contributed by atoms with Crippen LogP contribution in [0.4, 0.5) is 4.39 Å². The lowest BCUT2D eigenvalue weighted by atomic mass is 10.2. The minimum absolute atomic E-state index is 0.0358. The van der Waals surface area contributed by atoms with E-state index >= 15 is 0 Å². The molecule has 1 atom stereocenters. The zero-order valence-corrected chi connectivity index (χ0v) is 11.6. The van der Waals surface area contributed by atoms with Crippen LogP contribution in [0.2, 0.25) is 0 Å². The van der Waals surface area contributed by atoms with Gasteiger partial charge in [0.25, 0.3) is 0 Å². The highest BCUT2D eigenvalue weighted by Crippen LogP contribution is 2.24. The first-order valence-electron chi connectivity index (χ1n) is 5.71. The lowest BCUT2D eigenvalue weighted by Gasteiger charge is -2.13. The lowest BCUT2D eigenvalue weighted by Crippen LogP contribution is -2.18. The Labute approximate surface area is 116 Å². The van der Waals surface area contributed by atoms with Crippen LogP contribution in [0.15, 0.2) is 18.2 Å². The Bertz CT molecular complexity index is 631. The van der Waals surface area contributed by atoms with Crippen LogP contribution in [0, 0.1) is 17.7 Å². The smallest absolute Gasteiger partial charge is 0.154 e. The molecular weight excluding hydrogens is 291 g/mol. The molecule has 0 spiro atoms. The summed E-state index contributed by atoms with van der Waals surface area (Å²) in [7, 11) is -3.03. The van der Waals surface area contributed by atoms with Crippen molar-refractivity contribution in [1.29, 1.82) is 0 Å². The molecule has 0 aliphatic carbocycles. The Kier molecular flexibility index (Phi) is 4.33. The minimum Gasteiger partial charge on any atom is -0.488 e. The van der Waals surface area contributed by atoms with Gasteiger partial charge in [-0.25, -0.2) is 12.8 Å². The van der Waals surface area contributed by atoms with E-state index in [-0.39, 0.29) is 23.1 Å². The van der Waals surface area contributed by atoms with E-state index in [0.717, 1.165) is 0 Å². The van der Waals surface area contributed by atoms with Gasteiger partial charge in [0.2, 0.25) is 0 Å². The van der Waals surface area contributed by atoms with Crippen LogP contribution in [0.5, 0.6) is 5.75 Å². The average Bonchev–Trinajstić information content (AvgIpc) is 2.68. The molecule has 1 fully saturated rings. The van der Waals surface area contributed by atoms with E-state index in [1.54, 1.807) is 0 Å². The largest absolute Gasteiger partial charge is 0.488 e. The van der Waals surface area contributed by atoms with Gasteiger partial charge in [0.15, 0.2) is 9.84 Å². The summed E-state index contributed by atoms with van der Waals surface area (Å²) in [5.74, 6) is 5.47. The Balaban J connectivity index is 2.21. The lowest BCUT2D eigenvalue weighted by molar-refractivity contribution is 0.227. The van der Waals surface area contributed by atoms with Gasteiger partial charge < -0.3 is 4.74 Å². The Morgan fingerprint density at radius 3 is 2.89 bits per heavy atom. The van der Waals surface area contributed by atoms with Crippen molar-refractivity contribution in [3.63, 3.8) is 0 Å². The first-order valence-corrected chi connectivity index (χ1v) is 8.07. The molecular formula is C13H12ClFO3S. The molecule has 1 aliphatic rings.